The van der Waals surface area contributed by atoms with E-state index in [1.54, 1.807) is 55.6 Å². The van der Waals surface area contributed by atoms with Crippen LogP contribution in [0.5, 0.6) is 0 Å². The highest BCUT2D eigenvalue weighted by Crippen LogP contribution is 2.12. The summed E-state index contributed by atoms with van der Waals surface area (Å²) in [6.07, 6.45) is 0. The summed E-state index contributed by atoms with van der Waals surface area (Å²) in [6, 6.07) is 8.92. The molecule has 0 fully saturated rings. The normalized spacial score (nSPS) is 11.6. The van der Waals surface area contributed by atoms with Gasteiger partial charge < -0.3 is 15.4 Å². The van der Waals surface area contributed by atoms with Crippen molar-refractivity contribution in [3.8, 4) is 0 Å². The number of hydrogen-bond donors (Lipinski definition) is 2. The van der Waals surface area contributed by atoms with Gasteiger partial charge in [0, 0.05) is 11.3 Å². The standard InChI is InChI=1S/C20H22N2O5S/c1-12(2)18(22-19(25)16-5-4-10-28-16)20(26)27-11-17(24)21-15-8-6-14(7-9-15)13(3)23/h4-10,12,18H,11H2,1-3H3,(H,21,24)(H,22,25)/t18-/m1/s1. The number of thiophene rings is 1. The van der Waals surface area contributed by atoms with Crippen LogP contribution in [0, 0.1) is 5.92 Å². The lowest BCUT2D eigenvalue weighted by atomic mass is 10.0. The summed E-state index contributed by atoms with van der Waals surface area (Å²) in [4.78, 5) is 48.2. The average Bonchev–Trinajstić information content (AvgIpc) is 3.19. The monoisotopic (exact) mass is 402 g/mol. The molecule has 0 radical (unpaired) electrons. The summed E-state index contributed by atoms with van der Waals surface area (Å²) in [6.45, 7) is 4.52. The molecule has 0 bridgehead atoms. The van der Waals surface area contributed by atoms with E-state index in [0.717, 1.165) is 0 Å². The van der Waals surface area contributed by atoms with E-state index in [0.29, 0.717) is 16.1 Å². The Morgan fingerprint density at radius 3 is 2.29 bits per heavy atom. The molecule has 2 rings (SSSR count). The van der Waals surface area contributed by atoms with E-state index >= 15 is 0 Å². The molecule has 1 atom stereocenters. The second-order valence-corrected chi connectivity index (χ2v) is 7.41. The molecule has 28 heavy (non-hydrogen) atoms. The number of carbonyl (C=O) groups is 4. The smallest absolute Gasteiger partial charge is 0.329 e. The van der Waals surface area contributed by atoms with E-state index in [2.05, 4.69) is 10.6 Å². The van der Waals surface area contributed by atoms with Crippen LogP contribution in [0.25, 0.3) is 0 Å². The van der Waals surface area contributed by atoms with Gasteiger partial charge in [-0.25, -0.2) is 4.79 Å². The highest BCUT2D eigenvalue weighted by atomic mass is 32.1. The Balaban J connectivity index is 1.88. The van der Waals surface area contributed by atoms with Gasteiger partial charge in [0.25, 0.3) is 11.8 Å². The molecule has 0 spiro atoms. The zero-order chi connectivity index (χ0) is 20.7. The van der Waals surface area contributed by atoms with Gasteiger partial charge in [-0.05, 0) is 48.6 Å². The SMILES string of the molecule is CC(=O)c1ccc(NC(=O)COC(=O)[C@H](NC(=O)c2cccs2)C(C)C)cc1. The van der Waals surface area contributed by atoms with Gasteiger partial charge in [0.15, 0.2) is 12.4 Å². The summed E-state index contributed by atoms with van der Waals surface area (Å²) >= 11 is 1.27. The highest BCUT2D eigenvalue weighted by molar-refractivity contribution is 7.12. The van der Waals surface area contributed by atoms with E-state index in [1.165, 1.54) is 18.3 Å². The van der Waals surface area contributed by atoms with Crippen LogP contribution in [0.3, 0.4) is 0 Å². The number of anilines is 1. The van der Waals surface area contributed by atoms with Crippen LogP contribution in [0.15, 0.2) is 41.8 Å². The first-order valence-electron chi connectivity index (χ1n) is 8.69. The third kappa shape index (κ3) is 6.02. The maximum atomic E-state index is 12.3. The third-order valence-electron chi connectivity index (χ3n) is 3.87. The number of ether oxygens (including phenoxy) is 1. The number of rotatable bonds is 8. The van der Waals surface area contributed by atoms with E-state index in [-0.39, 0.29) is 17.6 Å². The molecule has 7 nitrogen and oxygen atoms in total. The number of esters is 1. The molecule has 2 N–H and O–H groups in total. The average molecular weight is 402 g/mol. The number of ketones is 1. The molecular weight excluding hydrogens is 380 g/mol. The van der Waals surface area contributed by atoms with Crippen LogP contribution in [0.2, 0.25) is 0 Å². The second kappa shape index (κ2) is 9.80. The Kier molecular flexibility index (Phi) is 7.45. The minimum atomic E-state index is -0.864. The molecule has 0 unspecified atom stereocenters. The van der Waals surface area contributed by atoms with E-state index in [1.807, 2.05) is 0 Å². The molecule has 1 aromatic heterocycles. The number of benzene rings is 1. The van der Waals surface area contributed by atoms with E-state index in [9.17, 15) is 19.2 Å². The van der Waals surface area contributed by atoms with E-state index < -0.39 is 24.5 Å². The van der Waals surface area contributed by atoms with Gasteiger partial charge in [-0.15, -0.1) is 11.3 Å². The maximum absolute atomic E-state index is 12.3. The Labute approximate surface area is 167 Å². The van der Waals surface area contributed by atoms with Gasteiger partial charge in [-0.1, -0.05) is 19.9 Å². The van der Waals surface area contributed by atoms with Crippen molar-refractivity contribution in [3.05, 3.63) is 52.2 Å². The van der Waals surface area contributed by atoms with Crippen molar-refractivity contribution < 1.29 is 23.9 Å². The number of Topliss-reactive ketones (excluding diaryl/α,β-unsaturated/α-hetero) is 1. The van der Waals surface area contributed by atoms with Crippen LogP contribution < -0.4 is 10.6 Å². The Hall–Kier alpha value is -3.00. The third-order valence-corrected chi connectivity index (χ3v) is 4.74. The van der Waals surface area contributed by atoms with Crippen molar-refractivity contribution in [3.63, 3.8) is 0 Å². The molecule has 0 aliphatic heterocycles. The molecule has 1 aromatic carbocycles. The first kappa shape index (κ1) is 21.3. The van der Waals surface area contributed by atoms with Crippen molar-refractivity contribution in [2.24, 2.45) is 5.92 Å². The lowest BCUT2D eigenvalue weighted by molar-refractivity contribution is -0.150. The Bertz CT molecular complexity index is 844. The molecule has 148 valence electrons. The molecular formula is C20H22N2O5S. The number of hydrogen-bond acceptors (Lipinski definition) is 6. The zero-order valence-electron chi connectivity index (χ0n) is 15.9. The van der Waals surface area contributed by atoms with Gasteiger partial charge in [0.2, 0.25) is 0 Å². The summed E-state index contributed by atoms with van der Waals surface area (Å²) in [5.41, 5.74) is 1.02. The largest absolute Gasteiger partial charge is 0.454 e. The first-order valence-corrected chi connectivity index (χ1v) is 9.57. The molecule has 8 heteroatoms. The lowest BCUT2D eigenvalue weighted by Crippen LogP contribution is -2.45. The van der Waals surface area contributed by atoms with Crippen LogP contribution in [0.4, 0.5) is 5.69 Å². The summed E-state index contributed by atoms with van der Waals surface area (Å²) in [5, 5.41) is 6.99. The highest BCUT2D eigenvalue weighted by Gasteiger charge is 2.27. The lowest BCUT2D eigenvalue weighted by Gasteiger charge is -2.20. The second-order valence-electron chi connectivity index (χ2n) is 6.46. The number of nitrogens with one attached hydrogen (secondary N) is 2. The fourth-order valence-corrected chi connectivity index (χ4v) is 2.96. The minimum Gasteiger partial charge on any atom is -0.454 e. The molecule has 0 aliphatic rings. The van der Waals surface area contributed by atoms with Crippen LogP contribution in [0.1, 0.15) is 40.8 Å². The Morgan fingerprint density at radius 1 is 1.07 bits per heavy atom. The van der Waals surface area contributed by atoms with Gasteiger partial charge in [0.05, 0.1) is 4.88 Å². The van der Waals surface area contributed by atoms with Gasteiger partial charge in [0.1, 0.15) is 6.04 Å². The summed E-state index contributed by atoms with van der Waals surface area (Å²) in [7, 11) is 0. The fraction of sp³-hybridized carbons (Fsp3) is 0.300. The fourth-order valence-electron chi connectivity index (χ4n) is 2.33. The van der Waals surface area contributed by atoms with Crippen LogP contribution >= 0.6 is 11.3 Å². The Morgan fingerprint density at radius 2 is 1.75 bits per heavy atom. The molecule has 2 amide bonds. The minimum absolute atomic E-state index is 0.0730. The molecule has 0 saturated heterocycles. The molecule has 2 aromatic rings. The van der Waals surface area contributed by atoms with Gasteiger partial charge in [-0.2, -0.15) is 0 Å². The molecule has 0 saturated carbocycles. The molecule has 0 aliphatic carbocycles. The van der Waals surface area contributed by atoms with Crippen molar-refractivity contribution in [1.29, 1.82) is 0 Å². The predicted molar refractivity (Wildman–Crippen MR) is 106 cm³/mol. The van der Waals surface area contributed by atoms with E-state index in [4.69, 9.17) is 4.74 Å². The predicted octanol–water partition coefficient (Wildman–Crippen LogP) is 2.89. The van der Waals surface area contributed by atoms with Crippen molar-refractivity contribution in [2.45, 2.75) is 26.8 Å². The van der Waals surface area contributed by atoms with Crippen molar-refractivity contribution in [1.82, 2.24) is 5.32 Å². The van der Waals surface area contributed by atoms with Crippen LogP contribution in [-0.4, -0.2) is 36.2 Å². The van der Waals surface area contributed by atoms with Crippen LogP contribution in [-0.2, 0) is 14.3 Å². The number of amides is 2. The van der Waals surface area contributed by atoms with Crippen molar-refractivity contribution in [2.75, 3.05) is 11.9 Å². The van der Waals surface area contributed by atoms with Gasteiger partial charge >= 0.3 is 5.97 Å². The topological polar surface area (TPSA) is 102 Å². The first-order chi connectivity index (χ1) is 13.3. The quantitative estimate of drug-likeness (QED) is 0.522. The number of carbonyl (C=O) groups excluding carboxylic acids is 4. The maximum Gasteiger partial charge on any atom is 0.329 e. The molecule has 1 heterocycles. The van der Waals surface area contributed by atoms with Crippen molar-refractivity contribution >= 4 is 40.6 Å². The summed E-state index contributed by atoms with van der Waals surface area (Å²) in [5.74, 6) is -1.84. The van der Waals surface area contributed by atoms with Gasteiger partial charge in [-0.3, -0.25) is 14.4 Å². The summed E-state index contributed by atoms with van der Waals surface area (Å²) < 4.78 is 5.06. The zero-order valence-corrected chi connectivity index (χ0v) is 16.7.